The van der Waals surface area contributed by atoms with E-state index in [1.165, 1.54) is 0 Å². The van der Waals surface area contributed by atoms with E-state index in [0.29, 0.717) is 17.7 Å². The van der Waals surface area contributed by atoms with Crippen molar-refractivity contribution in [3.63, 3.8) is 0 Å². The van der Waals surface area contributed by atoms with E-state index < -0.39 is 11.6 Å². The maximum Gasteiger partial charge on any atom is 0.307 e. The second-order valence-electron chi connectivity index (χ2n) is 5.01. The number of hydrogen-bond acceptors (Lipinski definition) is 3. The Kier molecular flexibility index (Phi) is 3.88. The Balaban J connectivity index is 2.06. The van der Waals surface area contributed by atoms with Gasteiger partial charge in [0.1, 0.15) is 11.4 Å². The molecule has 4 heteroatoms. The molecule has 1 saturated carbocycles. The van der Waals surface area contributed by atoms with Gasteiger partial charge in [-0.3, -0.25) is 9.59 Å². The fourth-order valence-corrected chi connectivity index (χ4v) is 2.32. The van der Waals surface area contributed by atoms with Gasteiger partial charge >= 0.3 is 5.97 Å². The van der Waals surface area contributed by atoms with Gasteiger partial charge < -0.3 is 9.84 Å². The summed E-state index contributed by atoms with van der Waals surface area (Å²) in [6.07, 6.45) is 3.05. The Hall–Kier alpha value is -1.84. The van der Waals surface area contributed by atoms with Crippen molar-refractivity contribution >= 4 is 11.8 Å². The summed E-state index contributed by atoms with van der Waals surface area (Å²) < 4.78 is 5.83. The van der Waals surface area contributed by atoms with Crippen LogP contribution in [-0.4, -0.2) is 22.5 Å². The molecular weight excluding hydrogens is 244 g/mol. The van der Waals surface area contributed by atoms with Gasteiger partial charge in [0.05, 0.1) is 6.42 Å². The van der Waals surface area contributed by atoms with Crippen molar-refractivity contribution in [1.82, 2.24) is 0 Å². The summed E-state index contributed by atoms with van der Waals surface area (Å²) in [4.78, 5) is 22.4. The van der Waals surface area contributed by atoms with Crippen LogP contribution in [0.5, 0.6) is 5.75 Å². The molecule has 0 bridgehead atoms. The Bertz CT molecular complexity index is 471. The van der Waals surface area contributed by atoms with Gasteiger partial charge in [0, 0.05) is 12.0 Å². The topological polar surface area (TPSA) is 63.6 Å². The molecule has 0 amide bonds. The van der Waals surface area contributed by atoms with Gasteiger partial charge in [-0.2, -0.15) is 0 Å². The molecule has 1 N–H and O–H groups in total. The first kappa shape index (κ1) is 13.6. The molecule has 1 aliphatic rings. The van der Waals surface area contributed by atoms with E-state index in [9.17, 15) is 9.59 Å². The summed E-state index contributed by atoms with van der Waals surface area (Å²) in [5.41, 5.74) is 0.109. The van der Waals surface area contributed by atoms with Crippen LogP contribution in [0.4, 0.5) is 0 Å². The standard InChI is InChI=1S/C15H18O4/c1-2-13(16)11-4-6-12(7-5-11)19-15(8-3-9-15)10-14(17)18/h4-7H,2-3,8-10H2,1H3,(H,17,18). The minimum Gasteiger partial charge on any atom is -0.487 e. The number of benzene rings is 1. The first-order valence-corrected chi connectivity index (χ1v) is 6.59. The maximum atomic E-state index is 11.5. The van der Waals surface area contributed by atoms with Crippen LogP contribution in [0, 0.1) is 0 Å². The van der Waals surface area contributed by atoms with Crippen molar-refractivity contribution in [3.8, 4) is 5.75 Å². The number of carbonyl (C=O) groups is 2. The molecule has 0 aromatic heterocycles. The monoisotopic (exact) mass is 262 g/mol. The molecule has 0 aliphatic heterocycles. The summed E-state index contributed by atoms with van der Waals surface area (Å²) in [6, 6.07) is 6.94. The number of hydrogen-bond donors (Lipinski definition) is 1. The number of aliphatic carboxylic acids is 1. The molecule has 0 atom stereocenters. The highest BCUT2D eigenvalue weighted by atomic mass is 16.5. The van der Waals surface area contributed by atoms with Crippen LogP contribution < -0.4 is 4.74 Å². The summed E-state index contributed by atoms with van der Waals surface area (Å²) in [7, 11) is 0. The Morgan fingerprint density at radius 3 is 2.32 bits per heavy atom. The van der Waals surface area contributed by atoms with E-state index >= 15 is 0 Å². The van der Waals surface area contributed by atoms with Gasteiger partial charge in [-0.25, -0.2) is 0 Å². The Morgan fingerprint density at radius 2 is 1.89 bits per heavy atom. The molecule has 19 heavy (non-hydrogen) atoms. The van der Waals surface area contributed by atoms with Crippen LogP contribution in [0.1, 0.15) is 49.4 Å². The molecule has 0 heterocycles. The van der Waals surface area contributed by atoms with Crippen LogP contribution in [0.2, 0.25) is 0 Å². The molecule has 1 aromatic carbocycles. The van der Waals surface area contributed by atoms with Crippen LogP contribution in [0.15, 0.2) is 24.3 Å². The third kappa shape index (κ3) is 3.13. The largest absolute Gasteiger partial charge is 0.487 e. The normalized spacial score (nSPS) is 16.5. The third-order valence-corrected chi connectivity index (χ3v) is 3.57. The van der Waals surface area contributed by atoms with Crippen LogP contribution >= 0.6 is 0 Å². The van der Waals surface area contributed by atoms with Gasteiger partial charge in [0.15, 0.2) is 5.78 Å². The van der Waals surface area contributed by atoms with Gasteiger partial charge in [0.25, 0.3) is 0 Å². The molecule has 102 valence electrons. The lowest BCUT2D eigenvalue weighted by Crippen LogP contribution is -2.45. The Morgan fingerprint density at radius 1 is 1.26 bits per heavy atom. The minimum absolute atomic E-state index is 0.0304. The first-order chi connectivity index (χ1) is 9.04. The number of Topliss-reactive ketones (excluding diaryl/α,β-unsaturated/α-hetero) is 1. The average Bonchev–Trinajstić information content (AvgIpc) is 2.35. The number of ketones is 1. The predicted molar refractivity (Wildman–Crippen MR) is 70.5 cm³/mol. The zero-order chi connectivity index (χ0) is 13.9. The van der Waals surface area contributed by atoms with Gasteiger partial charge in [0.2, 0.25) is 0 Å². The van der Waals surface area contributed by atoms with Gasteiger partial charge in [-0.15, -0.1) is 0 Å². The highest BCUT2D eigenvalue weighted by molar-refractivity contribution is 5.95. The second kappa shape index (κ2) is 5.43. The van der Waals surface area contributed by atoms with Crippen molar-refractivity contribution in [1.29, 1.82) is 0 Å². The lowest BCUT2D eigenvalue weighted by Gasteiger charge is -2.40. The molecule has 1 aliphatic carbocycles. The number of rotatable bonds is 6. The fourth-order valence-electron chi connectivity index (χ4n) is 2.32. The minimum atomic E-state index is -0.836. The van der Waals surface area contributed by atoms with Crippen molar-refractivity contribution in [3.05, 3.63) is 29.8 Å². The lowest BCUT2D eigenvalue weighted by molar-refractivity contribution is -0.144. The molecule has 0 saturated heterocycles. The predicted octanol–water partition coefficient (Wildman–Crippen LogP) is 3.06. The zero-order valence-electron chi connectivity index (χ0n) is 11.0. The lowest BCUT2D eigenvalue weighted by atomic mass is 9.77. The highest BCUT2D eigenvalue weighted by Crippen LogP contribution is 2.39. The molecule has 1 fully saturated rings. The second-order valence-corrected chi connectivity index (χ2v) is 5.01. The third-order valence-electron chi connectivity index (χ3n) is 3.57. The van der Waals surface area contributed by atoms with Crippen LogP contribution in [0.25, 0.3) is 0 Å². The quantitative estimate of drug-likeness (QED) is 0.800. The number of ether oxygens (including phenoxy) is 1. The van der Waals surface area contributed by atoms with E-state index in [1.54, 1.807) is 24.3 Å². The van der Waals surface area contributed by atoms with Crippen LogP contribution in [-0.2, 0) is 4.79 Å². The molecular formula is C15H18O4. The van der Waals surface area contributed by atoms with E-state index in [1.807, 2.05) is 6.92 Å². The van der Waals surface area contributed by atoms with E-state index in [0.717, 1.165) is 19.3 Å². The van der Waals surface area contributed by atoms with Crippen molar-refractivity contribution in [2.24, 2.45) is 0 Å². The van der Waals surface area contributed by atoms with E-state index in [-0.39, 0.29) is 12.2 Å². The summed E-state index contributed by atoms with van der Waals surface area (Å²) in [6.45, 7) is 1.82. The van der Waals surface area contributed by atoms with Crippen molar-refractivity contribution < 1.29 is 19.4 Å². The van der Waals surface area contributed by atoms with E-state index in [4.69, 9.17) is 9.84 Å². The smallest absolute Gasteiger partial charge is 0.307 e. The van der Waals surface area contributed by atoms with Gasteiger partial charge in [-0.1, -0.05) is 6.92 Å². The highest BCUT2D eigenvalue weighted by Gasteiger charge is 2.41. The molecule has 2 rings (SSSR count). The van der Waals surface area contributed by atoms with Crippen LogP contribution in [0.3, 0.4) is 0 Å². The number of carbonyl (C=O) groups excluding carboxylic acids is 1. The molecule has 0 radical (unpaired) electrons. The molecule has 0 spiro atoms. The Labute approximate surface area is 112 Å². The molecule has 1 aromatic rings. The zero-order valence-corrected chi connectivity index (χ0v) is 11.0. The van der Waals surface area contributed by atoms with Crippen molar-refractivity contribution in [2.45, 2.75) is 44.6 Å². The molecule has 0 unspecified atom stereocenters. The fraction of sp³-hybridized carbons (Fsp3) is 0.467. The number of carboxylic acid groups (broad SMARTS) is 1. The van der Waals surface area contributed by atoms with Crippen molar-refractivity contribution in [2.75, 3.05) is 0 Å². The molecule has 4 nitrogen and oxygen atoms in total. The first-order valence-electron chi connectivity index (χ1n) is 6.59. The van der Waals surface area contributed by atoms with E-state index in [2.05, 4.69) is 0 Å². The summed E-state index contributed by atoms with van der Waals surface area (Å²) >= 11 is 0. The van der Waals surface area contributed by atoms with Gasteiger partial charge in [-0.05, 0) is 43.5 Å². The number of carboxylic acids is 1. The average molecular weight is 262 g/mol. The summed E-state index contributed by atoms with van der Waals surface area (Å²) in [5.74, 6) is -0.110. The SMILES string of the molecule is CCC(=O)c1ccc(OC2(CC(=O)O)CCC2)cc1. The summed E-state index contributed by atoms with van der Waals surface area (Å²) in [5, 5.41) is 8.92. The maximum absolute atomic E-state index is 11.5.